The van der Waals surface area contributed by atoms with Crippen molar-refractivity contribution >= 4 is 23.8 Å². The Morgan fingerprint density at radius 1 is 1.13 bits per heavy atom. The van der Waals surface area contributed by atoms with Crippen molar-refractivity contribution in [3.05, 3.63) is 30.1 Å². The third-order valence-corrected chi connectivity index (χ3v) is 4.72. The average molecular weight is 422 g/mol. The molecule has 30 heavy (non-hydrogen) atoms. The van der Waals surface area contributed by atoms with Gasteiger partial charge in [-0.2, -0.15) is 0 Å². The number of rotatable bonds is 9. The highest BCUT2D eigenvalue weighted by Crippen LogP contribution is 2.27. The molecule has 3 N–H and O–H groups in total. The average Bonchev–Trinajstić information content (AvgIpc) is 2.92. The topological polar surface area (TPSA) is 117 Å². The van der Waals surface area contributed by atoms with Crippen LogP contribution < -0.4 is 20.9 Å². The van der Waals surface area contributed by atoms with Crippen LogP contribution in [0.25, 0.3) is 0 Å². The molecule has 164 valence electrons. The zero-order valence-electron chi connectivity index (χ0n) is 17.3. The largest absolute Gasteiger partial charge is 0.481 e. The van der Waals surface area contributed by atoms with E-state index in [0.717, 1.165) is 4.90 Å². The summed E-state index contributed by atoms with van der Waals surface area (Å²) in [6.07, 6.45) is 1.40. The third kappa shape index (κ3) is 5.46. The first-order chi connectivity index (χ1) is 14.2. The van der Waals surface area contributed by atoms with Gasteiger partial charge >= 0.3 is 6.03 Å². The van der Waals surface area contributed by atoms with Crippen molar-refractivity contribution in [2.75, 3.05) is 6.54 Å². The Morgan fingerprint density at radius 2 is 1.73 bits per heavy atom. The lowest BCUT2D eigenvalue weighted by Crippen LogP contribution is -2.51. The SMILES string of the molecule is CCCC1(CCC)NC(=O)N(CC(=O)NNC(=O)[C@H](C)Oc2ccc(F)cc2)C1=O. The lowest BCUT2D eigenvalue weighted by molar-refractivity contribution is -0.137. The molecular formula is C20H27FN4O5. The summed E-state index contributed by atoms with van der Waals surface area (Å²) < 4.78 is 18.3. The highest BCUT2D eigenvalue weighted by atomic mass is 19.1. The van der Waals surface area contributed by atoms with Crippen LogP contribution in [0.4, 0.5) is 9.18 Å². The number of halogens is 1. The van der Waals surface area contributed by atoms with Gasteiger partial charge < -0.3 is 10.1 Å². The van der Waals surface area contributed by atoms with Crippen LogP contribution in [0.3, 0.4) is 0 Å². The molecule has 0 spiro atoms. The van der Waals surface area contributed by atoms with Crippen molar-refractivity contribution in [1.82, 2.24) is 21.1 Å². The van der Waals surface area contributed by atoms with Crippen molar-refractivity contribution < 1.29 is 28.3 Å². The van der Waals surface area contributed by atoms with Crippen LogP contribution in [0.15, 0.2) is 24.3 Å². The standard InChI is InChI=1S/C20H27FN4O5/c1-4-10-20(11-5-2)18(28)25(19(29)22-20)12-16(26)23-24-17(27)13(3)30-15-8-6-14(21)7-9-15/h6-9,13H,4-5,10-12H2,1-3H3,(H,22,29)(H,23,26)(H,24,27)/t13-/m0/s1. The second kappa shape index (κ2) is 10.0. The molecule has 1 aliphatic heterocycles. The molecule has 5 amide bonds. The Hall–Kier alpha value is -3.17. The zero-order chi connectivity index (χ0) is 22.3. The molecule has 1 aliphatic rings. The van der Waals surface area contributed by atoms with Crippen LogP contribution in [0.1, 0.15) is 46.5 Å². The van der Waals surface area contributed by atoms with Gasteiger partial charge in [-0.3, -0.25) is 30.1 Å². The fraction of sp³-hybridized carbons (Fsp3) is 0.500. The van der Waals surface area contributed by atoms with E-state index in [-0.39, 0.29) is 5.75 Å². The number of hydrazine groups is 1. The highest BCUT2D eigenvalue weighted by Gasteiger charge is 2.50. The summed E-state index contributed by atoms with van der Waals surface area (Å²) in [6.45, 7) is 4.76. The van der Waals surface area contributed by atoms with E-state index in [1.165, 1.54) is 31.2 Å². The number of nitrogens with one attached hydrogen (secondary N) is 3. The molecule has 0 saturated carbocycles. The zero-order valence-corrected chi connectivity index (χ0v) is 17.3. The monoisotopic (exact) mass is 422 g/mol. The van der Waals surface area contributed by atoms with Crippen LogP contribution in [-0.4, -0.2) is 46.8 Å². The maximum absolute atomic E-state index is 12.9. The van der Waals surface area contributed by atoms with E-state index in [0.29, 0.717) is 25.7 Å². The lowest BCUT2D eigenvalue weighted by atomic mass is 9.88. The molecule has 1 aromatic carbocycles. The molecule has 1 aromatic rings. The van der Waals surface area contributed by atoms with Gasteiger partial charge in [0.1, 0.15) is 23.7 Å². The molecule has 0 aromatic heterocycles. The summed E-state index contributed by atoms with van der Waals surface area (Å²) in [5.74, 6) is -1.98. The normalized spacial score (nSPS) is 16.1. The number of amides is 5. The molecule has 0 aliphatic carbocycles. The van der Waals surface area contributed by atoms with Gasteiger partial charge in [-0.15, -0.1) is 0 Å². The minimum Gasteiger partial charge on any atom is -0.481 e. The second-order valence-corrected chi connectivity index (χ2v) is 7.15. The Morgan fingerprint density at radius 3 is 2.30 bits per heavy atom. The number of ether oxygens (including phenoxy) is 1. The van der Waals surface area contributed by atoms with Gasteiger partial charge in [-0.05, 0) is 44.0 Å². The van der Waals surface area contributed by atoms with Gasteiger partial charge in [0.05, 0.1) is 0 Å². The van der Waals surface area contributed by atoms with Crippen LogP contribution in [-0.2, 0) is 14.4 Å². The van der Waals surface area contributed by atoms with Gasteiger partial charge in [-0.25, -0.2) is 9.18 Å². The fourth-order valence-corrected chi connectivity index (χ4v) is 3.32. The summed E-state index contributed by atoms with van der Waals surface area (Å²) in [4.78, 5) is 50.1. The quantitative estimate of drug-likeness (QED) is 0.413. The van der Waals surface area contributed by atoms with E-state index < -0.39 is 47.8 Å². The van der Waals surface area contributed by atoms with Gasteiger partial charge in [0.15, 0.2) is 6.10 Å². The lowest BCUT2D eigenvalue weighted by Gasteiger charge is -2.25. The first-order valence-electron chi connectivity index (χ1n) is 9.87. The summed E-state index contributed by atoms with van der Waals surface area (Å²) in [7, 11) is 0. The fourth-order valence-electron chi connectivity index (χ4n) is 3.32. The summed E-state index contributed by atoms with van der Waals surface area (Å²) in [5, 5.41) is 2.71. The van der Waals surface area contributed by atoms with E-state index in [4.69, 9.17) is 4.74 Å². The van der Waals surface area contributed by atoms with E-state index in [1.54, 1.807) is 0 Å². The van der Waals surface area contributed by atoms with Gasteiger partial charge in [-0.1, -0.05) is 26.7 Å². The molecule has 1 atom stereocenters. The van der Waals surface area contributed by atoms with Crippen LogP contribution in [0, 0.1) is 5.82 Å². The summed E-state index contributed by atoms with van der Waals surface area (Å²) in [6, 6.07) is 4.49. The van der Waals surface area contributed by atoms with E-state index in [9.17, 15) is 23.6 Å². The van der Waals surface area contributed by atoms with Gasteiger partial charge in [0, 0.05) is 0 Å². The summed E-state index contributed by atoms with van der Waals surface area (Å²) >= 11 is 0. The number of benzene rings is 1. The maximum Gasteiger partial charge on any atom is 0.325 e. The van der Waals surface area contributed by atoms with Crippen molar-refractivity contribution in [2.24, 2.45) is 0 Å². The van der Waals surface area contributed by atoms with Crippen molar-refractivity contribution in [1.29, 1.82) is 0 Å². The van der Waals surface area contributed by atoms with Crippen molar-refractivity contribution in [2.45, 2.75) is 58.1 Å². The molecule has 0 unspecified atom stereocenters. The van der Waals surface area contributed by atoms with Gasteiger partial charge in [0.25, 0.3) is 17.7 Å². The third-order valence-electron chi connectivity index (χ3n) is 4.72. The second-order valence-electron chi connectivity index (χ2n) is 7.15. The predicted molar refractivity (Wildman–Crippen MR) is 106 cm³/mol. The first-order valence-corrected chi connectivity index (χ1v) is 9.87. The van der Waals surface area contributed by atoms with E-state index in [2.05, 4.69) is 16.2 Å². The first kappa shape index (κ1) is 23.1. The van der Waals surface area contributed by atoms with Crippen LogP contribution >= 0.6 is 0 Å². The Labute approximate surface area is 174 Å². The minimum atomic E-state index is -0.985. The number of urea groups is 1. The Balaban J connectivity index is 1.87. The smallest absolute Gasteiger partial charge is 0.325 e. The van der Waals surface area contributed by atoms with Crippen molar-refractivity contribution in [3.63, 3.8) is 0 Å². The maximum atomic E-state index is 12.9. The Bertz CT molecular complexity index is 793. The molecule has 10 heteroatoms. The van der Waals surface area contributed by atoms with E-state index in [1.807, 2.05) is 13.8 Å². The Kier molecular flexibility index (Phi) is 7.73. The van der Waals surface area contributed by atoms with Crippen LogP contribution in [0.2, 0.25) is 0 Å². The minimum absolute atomic E-state index is 0.285. The van der Waals surface area contributed by atoms with Gasteiger partial charge in [0.2, 0.25) is 0 Å². The predicted octanol–water partition coefficient (Wildman–Crippen LogP) is 1.63. The number of nitrogens with zero attached hydrogens (tertiary/aromatic N) is 1. The highest BCUT2D eigenvalue weighted by molar-refractivity contribution is 6.09. The number of carbonyl (C=O) groups is 4. The van der Waals surface area contributed by atoms with E-state index >= 15 is 0 Å². The number of hydrogen-bond donors (Lipinski definition) is 3. The number of carbonyl (C=O) groups excluding carboxylic acids is 4. The molecular weight excluding hydrogens is 395 g/mol. The van der Waals surface area contributed by atoms with Crippen molar-refractivity contribution in [3.8, 4) is 5.75 Å². The molecule has 1 saturated heterocycles. The molecule has 1 heterocycles. The molecule has 1 fully saturated rings. The molecule has 2 rings (SSSR count). The number of imide groups is 1. The van der Waals surface area contributed by atoms with Crippen LogP contribution in [0.5, 0.6) is 5.75 Å². The summed E-state index contributed by atoms with van der Waals surface area (Å²) in [5.41, 5.74) is 3.36. The molecule has 0 bridgehead atoms. The number of hydrogen-bond acceptors (Lipinski definition) is 5. The molecule has 0 radical (unpaired) electrons. The molecule has 9 nitrogen and oxygen atoms in total.